The Morgan fingerprint density at radius 1 is 1.26 bits per heavy atom. The van der Waals surface area contributed by atoms with Crippen molar-refractivity contribution in [2.75, 3.05) is 13.1 Å². The van der Waals surface area contributed by atoms with E-state index in [-0.39, 0.29) is 30.0 Å². The largest absolute Gasteiger partial charge is 0.350 e. The molecule has 1 atom stereocenters. The number of hydrogen-bond acceptors (Lipinski definition) is 5. The molecule has 1 fully saturated rings. The number of amides is 2. The number of piperidine rings is 1. The minimum absolute atomic E-state index is 0. The standard InChI is InChI=1S/C18H24N6O2.ClH/c1-13(17(25)20-11-14-5-3-2-4-6-14)21-18(26)16-12-24(23-22-16)15-7-9-19-10-8-15;/h2-6,12-13,15,19H,7-11H2,1H3,(H,20,25)(H,21,26);1H. The van der Waals surface area contributed by atoms with E-state index in [1.165, 1.54) is 0 Å². The van der Waals surface area contributed by atoms with Gasteiger partial charge in [0.2, 0.25) is 5.91 Å². The van der Waals surface area contributed by atoms with Crippen LogP contribution in [0.1, 0.15) is 41.9 Å². The maximum absolute atomic E-state index is 12.3. The molecule has 27 heavy (non-hydrogen) atoms. The van der Waals surface area contributed by atoms with Crippen molar-refractivity contribution in [2.45, 2.75) is 38.4 Å². The molecular formula is C18H25ClN6O2. The molecule has 3 rings (SSSR count). The lowest BCUT2D eigenvalue weighted by molar-refractivity contribution is -0.122. The molecule has 1 saturated heterocycles. The smallest absolute Gasteiger partial charge is 0.274 e. The van der Waals surface area contributed by atoms with Crippen LogP contribution in [-0.2, 0) is 11.3 Å². The van der Waals surface area contributed by atoms with Crippen molar-refractivity contribution in [3.63, 3.8) is 0 Å². The molecule has 2 aromatic rings. The summed E-state index contributed by atoms with van der Waals surface area (Å²) in [5.41, 5.74) is 1.23. The Morgan fingerprint density at radius 2 is 1.96 bits per heavy atom. The molecule has 8 nitrogen and oxygen atoms in total. The van der Waals surface area contributed by atoms with Gasteiger partial charge >= 0.3 is 0 Å². The third kappa shape index (κ3) is 5.77. The van der Waals surface area contributed by atoms with Crippen molar-refractivity contribution in [3.8, 4) is 0 Å². The number of halogens is 1. The summed E-state index contributed by atoms with van der Waals surface area (Å²) in [4.78, 5) is 24.5. The highest BCUT2D eigenvalue weighted by atomic mass is 35.5. The van der Waals surface area contributed by atoms with Gasteiger partial charge in [0.15, 0.2) is 5.69 Å². The molecule has 9 heteroatoms. The van der Waals surface area contributed by atoms with E-state index < -0.39 is 11.9 Å². The number of nitrogens with zero attached hydrogens (tertiary/aromatic N) is 3. The van der Waals surface area contributed by atoms with E-state index in [1.54, 1.807) is 17.8 Å². The zero-order chi connectivity index (χ0) is 18.4. The van der Waals surface area contributed by atoms with E-state index >= 15 is 0 Å². The van der Waals surface area contributed by atoms with E-state index in [9.17, 15) is 9.59 Å². The number of rotatable bonds is 6. The van der Waals surface area contributed by atoms with Crippen LogP contribution in [0, 0.1) is 0 Å². The molecule has 1 aliphatic heterocycles. The third-order valence-electron chi connectivity index (χ3n) is 4.48. The number of carbonyl (C=O) groups excluding carboxylic acids is 2. The molecule has 0 radical (unpaired) electrons. The van der Waals surface area contributed by atoms with E-state index in [0.29, 0.717) is 6.54 Å². The Morgan fingerprint density at radius 3 is 2.67 bits per heavy atom. The van der Waals surface area contributed by atoms with Crippen LogP contribution in [0.3, 0.4) is 0 Å². The minimum atomic E-state index is -0.657. The van der Waals surface area contributed by atoms with Gasteiger partial charge in [0, 0.05) is 6.54 Å². The molecular weight excluding hydrogens is 368 g/mol. The topological polar surface area (TPSA) is 101 Å². The Balaban J connectivity index is 0.00000261. The van der Waals surface area contributed by atoms with Gasteiger partial charge in [-0.25, -0.2) is 4.68 Å². The van der Waals surface area contributed by atoms with Crippen LogP contribution >= 0.6 is 12.4 Å². The van der Waals surface area contributed by atoms with Crippen molar-refractivity contribution in [1.82, 2.24) is 30.9 Å². The number of nitrogens with one attached hydrogen (secondary N) is 3. The molecule has 0 spiro atoms. The maximum atomic E-state index is 12.3. The fraction of sp³-hybridized carbons (Fsp3) is 0.444. The third-order valence-corrected chi connectivity index (χ3v) is 4.48. The molecule has 0 aliphatic carbocycles. The number of hydrogen-bond donors (Lipinski definition) is 3. The fourth-order valence-corrected chi connectivity index (χ4v) is 2.90. The van der Waals surface area contributed by atoms with Crippen LogP contribution in [-0.4, -0.2) is 45.9 Å². The van der Waals surface area contributed by atoms with Crippen LogP contribution < -0.4 is 16.0 Å². The molecule has 1 aliphatic rings. The highest BCUT2D eigenvalue weighted by Gasteiger charge is 2.21. The number of benzene rings is 1. The van der Waals surface area contributed by atoms with Crippen LogP contribution in [0.15, 0.2) is 36.5 Å². The Bertz CT molecular complexity index is 745. The van der Waals surface area contributed by atoms with Gasteiger partial charge in [0.25, 0.3) is 5.91 Å². The summed E-state index contributed by atoms with van der Waals surface area (Å²) < 4.78 is 1.75. The van der Waals surface area contributed by atoms with Crippen LogP contribution in [0.4, 0.5) is 0 Å². The average Bonchev–Trinajstić information content (AvgIpc) is 3.18. The minimum Gasteiger partial charge on any atom is -0.350 e. The second-order valence-corrected chi connectivity index (χ2v) is 6.46. The van der Waals surface area contributed by atoms with Gasteiger partial charge in [0.1, 0.15) is 6.04 Å². The number of aromatic nitrogens is 3. The fourth-order valence-electron chi connectivity index (χ4n) is 2.90. The highest BCUT2D eigenvalue weighted by molar-refractivity contribution is 5.95. The normalized spacial score (nSPS) is 15.4. The summed E-state index contributed by atoms with van der Waals surface area (Å²) in [5, 5.41) is 16.8. The van der Waals surface area contributed by atoms with E-state index in [2.05, 4.69) is 26.3 Å². The predicted molar refractivity (Wildman–Crippen MR) is 104 cm³/mol. The van der Waals surface area contributed by atoms with E-state index in [0.717, 1.165) is 31.5 Å². The lowest BCUT2D eigenvalue weighted by Crippen LogP contribution is -2.44. The first kappa shape index (κ1) is 20.9. The summed E-state index contributed by atoms with van der Waals surface area (Å²) in [6.45, 7) is 3.94. The van der Waals surface area contributed by atoms with Gasteiger partial charge in [0.05, 0.1) is 12.2 Å². The molecule has 3 N–H and O–H groups in total. The molecule has 2 heterocycles. The quantitative estimate of drug-likeness (QED) is 0.682. The molecule has 0 bridgehead atoms. The first-order valence-corrected chi connectivity index (χ1v) is 8.88. The summed E-state index contributed by atoms with van der Waals surface area (Å²) in [6.07, 6.45) is 3.57. The maximum Gasteiger partial charge on any atom is 0.274 e. The Hall–Kier alpha value is -2.45. The summed E-state index contributed by atoms with van der Waals surface area (Å²) in [6, 6.07) is 9.22. The molecule has 1 unspecified atom stereocenters. The van der Waals surface area contributed by atoms with Crippen molar-refractivity contribution in [2.24, 2.45) is 0 Å². The lowest BCUT2D eigenvalue weighted by Gasteiger charge is -2.22. The second kappa shape index (κ2) is 10.0. The van der Waals surface area contributed by atoms with Crippen molar-refractivity contribution in [3.05, 3.63) is 47.8 Å². The average molecular weight is 393 g/mol. The Kier molecular flexibility index (Phi) is 7.75. The predicted octanol–water partition coefficient (Wildman–Crippen LogP) is 1.06. The first-order chi connectivity index (χ1) is 12.6. The lowest BCUT2D eigenvalue weighted by atomic mass is 10.1. The summed E-state index contributed by atoms with van der Waals surface area (Å²) in [5.74, 6) is -0.638. The molecule has 0 saturated carbocycles. The second-order valence-electron chi connectivity index (χ2n) is 6.46. The molecule has 1 aromatic carbocycles. The monoisotopic (exact) mass is 392 g/mol. The zero-order valence-corrected chi connectivity index (χ0v) is 16.0. The van der Waals surface area contributed by atoms with Gasteiger partial charge in [-0.15, -0.1) is 17.5 Å². The van der Waals surface area contributed by atoms with Gasteiger partial charge in [-0.3, -0.25) is 9.59 Å². The van der Waals surface area contributed by atoms with Crippen molar-refractivity contribution < 1.29 is 9.59 Å². The summed E-state index contributed by atoms with van der Waals surface area (Å²) >= 11 is 0. The van der Waals surface area contributed by atoms with Crippen molar-refractivity contribution >= 4 is 24.2 Å². The molecule has 1 aromatic heterocycles. The van der Waals surface area contributed by atoms with E-state index in [4.69, 9.17) is 0 Å². The van der Waals surface area contributed by atoms with Gasteiger partial charge < -0.3 is 16.0 Å². The summed E-state index contributed by atoms with van der Waals surface area (Å²) in [7, 11) is 0. The molecule has 2 amide bonds. The SMILES string of the molecule is CC(NC(=O)c1cn(C2CCNCC2)nn1)C(=O)NCc1ccccc1.Cl. The van der Waals surface area contributed by atoms with Crippen molar-refractivity contribution in [1.29, 1.82) is 0 Å². The van der Waals surface area contributed by atoms with Gasteiger partial charge in [-0.1, -0.05) is 35.5 Å². The Labute approximate surface area is 164 Å². The number of carbonyl (C=O) groups is 2. The zero-order valence-electron chi connectivity index (χ0n) is 15.2. The highest BCUT2D eigenvalue weighted by Crippen LogP contribution is 2.17. The first-order valence-electron chi connectivity index (χ1n) is 8.88. The van der Waals surface area contributed by atoms with Gasteiger partial charge in [-0.05, 0) is 38.4 Å². The van der Waals surface area contributed by atoms with E-state index in [1.807, 2.05) is 30.3 Å². The van der Waals surface area contributed by atoms with Crippen LogP contribution in [0.5, 0.6) is 0 Å². The molecule has 146 valence electrons. The van der Waals surface area contributed by atoms with Crippen LogP contribution in [0.2, 0.25) is 0 Å². The van der Waals surface area contributed by atoms with Gasteiger partial charge in [-0.2, -0.15) is 0 Å². The van der Waals surface area contributed by atoms with Crippen LogP contribution in [0.25, 0.3) is 0 Å².